The Bertz CT molecular complexity index is 483. The van der Waals surface area contributed by atoms with Crippen LogP contribution in [-0.2, 0) is 16.1 Å². The van der Waals surface area contributed by atoms with E-state index in [4.69, 9.17) is 4.74 Å². The second-order valence-corrected chi connectivity index (χ2v) is 4.93. The van der Waals surface area contributed by atoms with Crippen LogP contribution in [0, 0.1) is 5.92 Å². The van der Waals surface area contributed by atoms with Crippen molar-refractivity contribution in [2.75, 3.05) is 19.6 Å². The van der Waals surface area contributed by atoms with E-state index < -0.39 is 0 Å². The number of carbonyl (C=O) groups is 1. The number of rotatable bonds is 4. The van der Waals surface area contributed by atoms with Crippen LogP contribution in [0.25, 0.3) is 0 Å². The molecule has 0 aromatic heterocycles. The Morgan fingerprint density at radius 1 is 1.40 bits per heavy atom. The predicted octanol–water partition coefficient (Wildman–Crippen LogP) is 2.37. The highest BCUT2D eigenvalue weighted by Gasteiger charge is 2.24. The summed E-state index contributed by atoms with van der Waals surface area (Å²) >= 11 is 0. The van der Waals surface area contributed by atoms with E-state index in [0.29, 0.717) is 19.6 Å². The van der Waals surface area contributed by atoms with Gasteiger partial charge < -0.3 is 9.64 Å². The Labute approximate surface area is 118 Å². The van der Waals surface area contributed by atoms with E-state index in [9.17, 15) is 9.59 Å². The lowest BCUT2D eigenvalue weighted by atomic mass is 9.99. The van der Waals surface area contributed by atoms with Gasteiger partial charge in [0.25, 0.3) is 0 Å². The SMILES string of the molecule is O=C=NCC1CCCN(C(=O)OCc2ccccc2)C1. The van der Waals surface area contributed by atoms with Crippen LogP contribution < -0.4 is 0 Å². The molecule has 1 aliphatic heterocycles. The van der Waals surface area contributed by atoms with E-state index in [2.05, 4.69) is 4.99 Å². The van der Waals surface area contributed by atoms with Gasteiger partial charge in [-0.05, 0) is 24.3 Å². The fraction of sp³-hybridized carbons (Fsp3) is 0.467. The highest BCUT2D eigenvalue weighted by molar-refractivity contribution is 5.67. The van der Waals surface area contributed by atoms with E-state index in [-0.39, 0.29) is 18.6 Å². The molecule has 1 saturated heterocycles. The molecule has 1 aliphatic rings. The summed E-state index contributed by atoms with van der Waals surface area (Å²) in [5, 5.41) is 0. The first-order valence-corrected chi connectivity index (χ1v) is 6.79. The Morgan fingerprint density at radius 2 is 2.20 bits per heavy atom. The van der Waals surface area contributed by atoms with Crippen molar-refractivity contribution in [3.63, 3.8) is 0 Å². The maximum Gasteiger partial charge on any atom is 0.410 e. The molecule has 1 aromatic rings. The number of hydrogen-bond acceptors (Lipinski definition) is 4. The maximum atomic E-state index is 12.0. The quantitative estimate of drug-likeness (QED) is 0.625. The standard InChI is InChI=1S/C15H18N2O3/c18-12-16-9-14-7-4-8-17(10-14)15(19)20-11-13-5-2-1-3-6-13/h1-3,5-6,14H,4,7-11H2. The lowest BCUT2D eigenvalue weighted by Crippen LogP contribution is -2.41. The van der Waals surface area contributed by atoms with Gasteiger partial charge in [0.15, 0.2) is 0 Å². The van der Waals surface area contributed by atoms with Crippen molar-refractivity contribution in [1.29, 1.82) is 0 Å². The molecular formula is C15H18N2O3. The first-order valence-electron chi connectivity index (χ1n) is 6.79. The molecule has 1 fully saturated rings. The average Bonchev–Trinajstić information content (AvgIpc) is 2.52. The largest absolute Gasteiger partial charge is 0.445 e. The number of carbonyl (C=O) groups excluding carboxylic acids is 2. The molecule has 1 heterocycles. The molecule has 20 heavy (non-hydrogen) atoms. The normalized spacial score (nSPS) is 18.2. The Hall–Kier alpha value is -2.13. The predicted molar refractivity (Wildman–Crippen MR) is 73.9 cm³/mol. The van der Waals surface area contributed by atoms with Crippen molar-refractivity contribution in [2.24, 2.45) is 10.9 Å². The molecule has 0 saturated carbocycles. The minimum Gasteiger partial charge on any atom is -0.445 e. The van der Waals surface area contributed by atoms with Gasteiger partial charge in [0, 0.05) is 13.1 Å². The summed E-state index contributed by atoms with van der Waals surface area (Å²) in [7, 11) is 0. The number of hydrogen-bond donors (Lipinski definition) is 0. The van der Waals surface area contributed by atoms with Gasteiger partial charge in [-0.1, -0.05) is 30.3 Å². The first kappa shape index (κ1) is 14.3. The summed E-state index contributed by atoms with van der Waals surface area (Å²) in [6.45, 7) is 2.02. The Morgan fingerprint density at radius 3 is 2.95 bits per heavy atom. The van der Waals surface area contributed by atoms with Crippen LogP contribution in [0.2, 0.25) is 0 Å². The lowest BCUT2D eigenvalue weighted by Gasteiger charge is -2.31. The van der Waals surface area contributed by atoms with E-state index in [1.165, 1.54) is 0 Å². The van der Waals surface area contributed by atoms with Crippen molar-refractivity contribution in [1.82, 2.24) is 4.90 Å². The van der Waals surface area contributed by atoms with E-state index in [1.54, 1.807) is 11.0 Å². The number of piperidine rings is 1. The van der Waals surface area contributed by atoms with Crippen molar-refractivity contribution in [3.05, 3.63) is 35.9 Å². The van der Waals surface area contributed by atoms with Gasteiger partial charge in [-0.25, -0.2) is 14.6 Å². The Balaban J connectivity index is 1.81. The molecular weight excluding hydrogens is 256 g/mol. The van der Waals surface area contributed by atoms with Crippen molar-refractivity contribution < 1.29 is 14.3 Å². The van der Waals surface area contributed by atoms with Gasteiger partial charge in [0.05, 0.1) is 6.54 Å². The van der Waals surface area contributed by atoms with E-state index >= 15 is 0 Å². The molecule has 5 heteroatoms. The molecule has 2 rings (SSSR count). The summed E-state index contributed by atoms with van der Waals surface area (Å²) in [5.74, 6) is 0.231. The maximum absolute atomic E-state index is 12.0. The number of amides is 1. The van der Waals surface area contributed by atoms with Crippen LogP contribution in [0.4, 0.5) is 4.79 Å². The topological polar surface area (TPSA) is 59.0 Å². The van der Waals surface area contributed by atoms with Gasteiger partial charge in [-0.15, -0.1) is 0 Å². The fourth-order valence-corrected chi connectivity index (χ4v) is 2.36. The number of benzene rings is 1. The third-order valence-electron chi connectivity index (χ3n) is 3.40. The van der Waals surface area contributed by atoms with Crippen LogP contribution in [0.5, 0.6) is 0 Å². The third kappa shape index (κ3) is 4.21. The summed E-state index contributed by atoms with van der Waals surface area (Å²) in [5.41, 5.74) is 0.972. The zero-order chi connectivity index (χ0) is 14.2. The summed E-state index contributed by atoms with van der Waals surface area (Å²) < 4.78 is 5.30. The van der Waals surface area contributed by atoms with Crippen LogP contribution >= 0.6 is 0 Å². The summed E-state index contributed by atoms with van der Waals surface area (Å²) in [4.78, 5) is 27.4. The monoisotopic (exact) mass is 274 g/mol. The molecule has 0 N–H and O–H groups in total. The molecule has 1 unspecified atom stereocenters. The summed E-state index contributed by atoms with van der Waals surface area (Å²) in [6, 6.07) is 9.60. The van der Waals surface area contributed by atoms with Crippen LogP contribution in [0.3, 0.4) is 0 Å². The van der Waals surface area contributed by atoms with E-state index in [1.807, 2.05) is 30.3 Å². The highest BCUT2D eigenvalue weighted by atomic mass is 16.6. The number of nitrogens with zero attached hydrogens (tertiary/aromatic N) is 2. The molecule has 0 radical (unpaired) electrons. The van der Waals surface area contributed by atoms with E-state index in [0.717, 1.165) is 18.4 Å². The lowest BCUT2D eigenvalue weighted by molar-refractivity contribution is 0.0800. The molecule has 1 atom stereocenters. The van der Waals surface area contributed by atoms with Gasteiger partial charge in [0.2, 0.25) is 6.08 Å². The van der Waals surface area contributed by atoms with Gasteiger partial charge >= 0.3 is 6.09 Å². The fourth-order valence-electron chi connectivity index (χ4n) is 2.36. The van der Waals surface area contributed by atoms with Crippen LogP contribution in [0.1, 0.15) is 18.4 Å². The molecule has 5 nitrogen and oxygen atoms in total. The average molecular weight is 274 g/mol. The highest BCUT2D eigenvalue weighted by Crippen LogP contribution is 2.17. The minimum atomic E-state index is -0.298. The third-order valence-corrected chi connectivity index (χ3v) is 3.40. The molecule has 106 valence electrons. The van der Waals surface area contributed by atoms with Crippen molar-refractivity contribution >= 4 is 12.2 Å². The first-order chi connectivity index (χ1) is 9.79. The van der Waals surface area contributed by atoms with Crippen molar-refractivity contribution in [3.8, 4) is 0 Å². The molecule has 0 bridgehead atoms. The smallest absolute Gasteiger partial charge is 0.410 e. The van der Waals surface area contributed by atoms with Crippen LogP contribution in [-0.4, -0.2) is 36.7 Å². The van der Waals surface area contributed by atoms with Crippen molar-refractivity contribution in [2.45, 2.75) is 19.4 Å². The zero-order valence-corrected chi connectivity index (χ0v) is 11.3. The van der Waals surface area contributed by atoms with Gasteiger partial charge in [-0.3, -0.25) is 0 Å². The van der Waals surface area contributed by atoms with Gasteiger partial charge in [-0.2, -0.15) is 0 Å². The second kappa shape index (κ2) is 7.46. The number of ether oxygens (including phenoxy) is 1. The molecule has 1 amide bonds. The number of isocyanates is 1. The second-order valence-electron chi connectivity index (χ2n) is 4.93. The summed E-state index contributed by atoms with van der Waals surface area (Å²) in [6.07, 6.45) is 3.14. The molecule has 0 spiro atoms. The molecule has 0 aliphatic carbocycles. The number of aliphatic imine (C=N–C) groups is 1. The Kier molecular flexibility index (Phi) is 5.33. The number of likely N-dealkylation sites (tertiary alicyclic amines) is 1. The zero-order valence-electron chi connectivity index (χ0n) is 11.3. The minimum absolute atomic E-state index is 0.231. The van der Waals surface area contributed by atoms with Gasteiger partial charge in [0.1, 0.15) is 6.61 Å². The van der Waals surface area contributed by atoms with Crippen LogP contribution in [0.15, 0.2) is 35.3 Å². The molecule has 1 aromatic carbocycles.